The molecule has 0 amide bonds. The Hall–Kier alpha value is -1.27. The number of carbonyl (C=O) groups is 1. The molecule has 1 aliphatic carbocycles. The standard InChI is InChI=1S/C15H12Cl2F4O2/c1-15(2)7(3-10(16)17)11(15)14(22)23-5-6-12(20)8(18)4-9(19)13(6)21/h3-4,7,11H,5H2,1-2H3/t7-,11-/m0/s1. The molecule has 1 fully saturated rings. The van der Waals surface area contributed by atoms with Gasteiger partial charge in [-0.15, -0.1) is 0 Å². The lowest BCUT2D eigenvalue weighted by atomic mass is 10.1. The molecule has 2 rings (SSSR count). The van der Waals surface area contributed by atoms with Gasteiger partial charge in [-0.25, -0.2) is 17.6 Å². The Kier molecular flexibility index (Phi) is 4.97. The molecule has 23 heavy (non-hydrogen) atoms. The fraction of sp³-hybridized carbons (Fsp3) is 0.400. The van der Waals surface area contributed by atoms with E-state index >= 15 is 0 Å². The molecule has 0 saturated heterocycles. The minimum Gasteiger partial charge on any atom is -0.460 e. The van der Waals surface area contributed by atoms with Crippen LogP contribution in [0, 0.1) is 40.5 Å². The zero-order valence-corrected chi connectivity index (χ0v) is 13.6. The van der Waals surface area contributed by atoms with Crippen molar-refractivity contribution in [3.63, 3.8) is 0 Å². The lowest BCUT2D eigenvalue weighted by Crippen LogP contribution is -2.13. The van der Waals surface area contributed by atoms with Gasteiger partial charge in [-0.2, -0.15) is 0 Å². The summed E-state index contributed by atoms with van der Waals surface area (Å²) in [5.41, 5.74) is -1.46. The van der Waals surface area contributed by atoms with E-state index in [4.69, 9.17) is 27.9 Å². The van der Waals surface area contributed by atoms with E-state index in [2.05, 4.69) is 0 Å². The van der Waals surface area contributed by atoms with Crippen LogP contribution < -0.4 is 0 Å². The highest BCUT2D eigenvalue weighted by atomic mass is 35.5. The van der Waals surface area contributed by atoms with Crippen LogP contribution in [-0.2, 0) is 16.1 Å². The van der Waals surface area contributed by atoms with E-state index in [1.165, 1.54) is 6.08 Å². The number of hydrogen-bond acceptors (Lipinski definition) is 2. The van der Waals surface area contributed by atoms with Gasteiger partial charge in [0.1, 0.15) is 11.1 Å². The molecule has 1 aromatic carbocycles. The van der Waals surface area contributed by atoms with Crippen LogP contribution in [0.1, 0.15) is 19.4 Å². The molecule has 1 aromatic rings. The number of benzene rings is 1. The van der Waals surface area contributed by atoms with Crippen molar-refractivity contribution in [2.24, 2.45) is 17.3 Å². The maximum absolute atomic E-state index is 13.5. The first-order valence-electron chi connectivity index (χ1n) is 6.58. The fourth-order valence-corrected chi connectivity index (χ4v) is 2.83. The topological polar surface area (TPSA) is 26.3 Å². The van der Waals surface area contributed by atoms with E-state index in [0.29, 0.717) is 0 Å². The molecule has 0 spiro atoms. The zero-order valence-electron chi connectivity index (χ0n) is 12.1. The number of ether oxygens (including phenoxy) is 1. The average Bonchev–Trinajstić information content (AvgIpc) is 2.96. The number of rotatable bonds is 4. The minimum atomic E-state index is -1.59. The highest BCUT2D eigenvalue weighted by molar-refractivity contribution is 6.55. The van der Waals surface area contributed by atoms with Crippen LogP contribution in [0.2, 0.25) is 0 Å². The molecule has 2 nitrogen and oxygen atoms in total. The van der Waals surface area contributed by atoms with Gasteiger partial charge >= 0.3 is 5.97 Å². The van der Waals surface area contributed by atoms with Gasteiger partial charge in [0.15, 0.2) is 23.3 Å². The van der Waals surface area contributed by atoms with E-state index in [-0.39, 0.29) is 16.5 Å². The number of allylic oxidation sites excluding steroid dienone is 1. The first-order valence-corrected chi connectivity index (χ1v) is 7.34. The molecule has 2 atom stereocenters. The van der Waals surface area contributed by atoms with E-state index in [9.17, 15) is 22.4 Å². The first kappa shape index (κ1) is 18.1. The third kappa shape index (κ3) is 3.48. The SMILES string of the molecule is CC1(C)[C@H](C(=O)OCc2c(F)c(F)cc(F)c2F)[C@@H]1C=C(Cl)Cl. The molecular formula is C15H12Cl2F4O2. The van der Waals surface area contributed by atoms with Crippen molar-refractivity contribution >= 4 is 29.2 Å². The van der Waals surface area contributed by atoms with Gasteiger partial charge in [0.25, 0.3) is 0 Å². The third-order valence-corrected chi connectivity index (χ3v) is 4.28. The zero-order chi connectivity index (χ0) is 17.5. The fourth-order valence-electron chi connectivity index (χ4n) is 2.56. The number of esters is 1. The Morgan fingerprint density at radius 3 is 2.22 bits per heavy atom. The molecule has 0 heterocycles. The van der Waals surface area contributed by atoms with Crippen molar-refractivity contribution in [2.75, 3.05) is 0 Å². The number of hydrogen-bond donors (Lipinski definition) is 0. The summed E-state index contributed by atoms with van der Waals surface area (Å²) in [5.74, 6) is -7.96. The molecule has 1 saturated carbocycles. The highest BCUT2D eigenvalue weighted by Gasteiger charge is 2.61. The first-order chi connectivity index (χ1) is 10.6. The van der Waals surface area contributed by atoms with Gasteiger partial charge in [-0.05, 0) is 17.4 Å². The molecule has 0 unspecified atom stereocenters. The summed E-state index contributed by atoms with van der Waals surface area (Å²) in [4.78, 5) is 12.0. The van der Waals surface area contributed by atoms with Crippen molar-refractivity contribution in [3.8, 4) is 0 Å². The molecular weight excluding hydrogens is 359 g/mol. The van der Waals surface area contributed by atoms with Gasteiger partial charge in [-0.1, -0.05) is 37.0 Å². The van der Waals surface area contributed by atoms with E-state index < -0.39 is 52.7 Å². The van der Waals surface area contributed by atoms with Crippen molar-refractivity contribution in [2.45, 2.75) is 20.5 Å². The Labute approximate surface area is 140 Å². The Bertz CT molecular complexity index is 658. The van der Waals surface area contributed by atoms with Crippen LogP contribution in [0.25, 0.3) is 0 Å². The smallest absolute Gasteiger partial charge is 0.310 e. The summed E-state index contributed by atoms with van der Waals surface area (Å²) in [6, 6.07) is 0.0866. The summed E-state index contributed by atoms with van der Waals surface area (Å²) in [6.07, 6.45) is 1.47. The van der Waals surface area contributed by atoms with Crippen molar-refractivity contribution in [3.05, 3.63) is 45.5 Å². The predicted octanol–water partition coefficient (Wildman–Crippen LogP) is 4.88. The largest absolute Gasteiger partial charge is 0.460 e. The lowest BCUT2D eigenvalue weighted by molar-refractivity contribution is -0.147. The third-order valence-electron chi connectivity index (χ3n) is 4.03. The predicted molar refractivity (Wildman–Crippen MR) is 76.6 cm³/mol. The van der Waals surface area contributed by atoms with Crippen LogP contribution in [0.3, 0.4) is 0 Å². The highest BCUT2D eigenvalue weighted by Crippen LogP contribution is 2.60. The van der Waals surface area contributed by atoms with E-state index in [1.807, 2.05) is 0 Å². The van der Waals surface area contributed by atoms with E-state index in [0.717, 1.165) is 0 Å². The second kappa shape index (κ2) is 6.32. The monoisotopic (exact) mass is 370 g/mol. The van der Waals surface area contributed by atoms with Crippen molar-refractivity contribution in [1.82, 2.24) is 0 Å². The average molecular weight is 371 g/mol. The molecule has 126 valence electrons. The summed E-state index contributed by atoms with van der Waals surface area (Å²) >= 11 is 11.1. The van der Waals surface area contributed by atoms with Crippen molar-refractivity contribution in [1.29, 1.82) is 0 Å². The molecule has 0 aromatic heterocycles. The quantitative estimate of drug-likeness (QED) is 0.429. The van der Waals surface area contributed by atoms with Crippen LogP contribution in [-0.4, -0.2) is 5.97 Å². The van der Waals surface area contributed by atoms with Crippen LogP contribution in [0.15, 0.2) is 16.6 Å². The van der Waals surface area contributed by atoms with Crippen LogP contribution in [0.4, 0.5) is 17.6 Å². The molecule has 0 N–H and O–H groups in total. The molecule has 0 aliphatic heterocycles. The van der Waals surface area contributed by atoms with Gasteiger partial charge in [-0.3, -0.25) is 4.79 Å². The maximum Gasteiger partial charge on any atom is 0.310 e. The van der Waals surface area contributed by atoms with Gasteiger partial charge < -0.3 is 4.74 Å². The lowest BCUT2D eigenvalue weighted by Gasteiger charge is -2.09. The second-order valence-corrected chi connectivity index (χ2v) is 6.84. The number of halogens is 6. The Morgan fingerprint density at radius 2 is 1.74 bits per heavy atom. The normalized spacial score (nSPS) is 21.7. The summed E-state index contributed by atoms with van der Waals surface area (Å²) in [6.45, 7) is 2.61. The van der Waals surface area contributed by atoms with Gasteiger partial charge in [0.05, 0.1) is 11.5 Å². The molecule has 8 heteroatoms. The van der Waals surface area contributed by atoms with Crippen LogP contribution >= 0.6 is 23.2 Å². The number of carbonyl (C=O) groups excluding carboxylic acids is 1. The second-order valence-electron chi connectivity index (χ2n) is 5.84. The summed E-state index contributed by atoms with van der Waals surface area (Å²) in [5, 5.41) is 0. The molecule has 0 bridgehead atoms. The van der Waals surface area contributed by atoms with Gasteiger partial charge in [0.2, 0.25) is 0 Å². The van der Waals surface area contributed by atoms with Crippen LogP contribution in [0.5, 0.6) is 0 Å². The van der Waals surface area contributed by atoms with Crippen molar-refractivity contribution < 1.29 is 27.1 Å². The summed E-state index contributed by atoms with van der Waals surface area (Å²) < 4.78 is 57.9. The summed E-state index contributed by atoms with van der Waals surface area (Å²) in [7, 11) is 0. The Morgan fingerprint density at radius 1 is 1.22 bits per heavy atom. The minimum absolute atomic E-state index is 0.0114. The van der Waals surface area contributed by atoms with Gasteiger partial charge in [0, 0.05) is 6.07 Å². The Balaban J connectivity index is 2.11. The molecule has 0 radical (unpaired) electrons. The maximum atomic E-state index is 13.5. The van der Waals surface area contributed by atoms with E-state index in [1.54, 1.807) is 13.8 Å². The molecule has 1 aliphatic rings.